The number of para-hydroxylation sites is 1. The van der Waals surface area contributed by atoms with Crippen molar-refractivity contribution in [3.63, 3.8) is 0 Å². The van der Waals surface area contributed by atoms with E-state index in [4.69, 9.17) is 15.2 Å². The molecule has 1 aliphatic rings. The van der Waals surface area contributed by atoms with Gasteiger partial charge in [-0.25, -0.2) is 24.5 Å². The Morgan fingerprint density at radius 1 is 0.907 bits per heavy atom. The summed E-state index contributed by atoms with van der Waals surface area (Å²) in [5, 5.41) is 3.31. The first-order valence-electron chi connectivity index (χ1n) is 14.3. The van der Waals surface area contributed by atoms with Crippen molar-refractivity contribution in [2.45, 2.75) is 71.6 Å². The molecule has 0 saturated carbocycles. The van der Waals surface area contributed by atoms with E-state index in [0.29, 0.717) is 30.0 Å². The molecule has 2 aromatic carbocycles. The Bertz CT molecular complexity index is 1450. The predicted octanol–water partition coefficient (Wildman–Crippen LogP) is 6.17. The molecule has 3 N–H and O–H groups in total. The maximum Gasteiger partial charge on any atom is 0.419 e. The van der Waals surface area contributed by atoms with Gasteiger partial charge in [0, 0.05) is 24.7 Å². The van der Waals surface area contributed by atoms with E-state index in [1.54, 1.807) is 62.1 Å². The fraction of sp³-hybridized carbons (Fsp3) is 0.406. The van der Waals surface area contributed by atoms with Crippen molar-refractivity contribution in [3.05, 3.63) is 72.1 Å². The van der Waals surface area contributed by atoms with Crippen molar-refractivity contribution in [2.75, 3.05) is 29.0 Å². The van der Waals surface area contributed by atoms with E-state index in [1.807, 2.05) is 39.0 Å². The van der Waals surface area contributed by atoms with Gasteiger partial charge in [0.15, 0.2) is 5.78 Å². The zero-order chi connectivity index (χ0) is 31.4. The van der Waals surface area contributed by atoms with Crippen molar-refractivity contribution in [1.29, 1.82) is 0 Å². The molecule has 0 aliphatic carbocycles. The SMILES string of the molecule is CC(C)(C)OC(=O)N1CCC[C@@H](Nc2ncnc(N)c2C(=O)c2ccc(N(C(=O)OC(C)(C)C)c3ccccc3)cc2)C1. The zero-order valence-electron chi connectivity index (χ0n) is 25.6. The van der Waals surface area contributed by atoms with Crippen LogP contribution in [0.1, 0.15) is 70.3 Å². The number of hydrogen-bond donors (Lipinski definition) is 2. The average Bonchev–Trinajstić information content (AvgIpc) is 2.92. The molecule has 1 aromatic heterocycles. The molecule has 1 fully saturated rings. The van der Waals surface area contributed by atoms with Crippen LogP contribution in [-0.2, 0) is 9.47 Å². The monoisotopic (exact) mass is 588 g/mol. The second-order valence-electron chi connectivity index (χ2n) is 12.4. The quantitative estimate of drug-likeness (QED) is 0.323. The lowest BCUT2D eigenvalue weighted by molar-refractivity contribution is 0.0205. The van der Waals surface area contributed by atoms with Crippen molar-refractivity contribution >= 4 is 41.0 Å². The van der Waals surface area contributed by atoms with Crippen LogP contribution < -0.4 is 16.0 Å². The summed E-state index contributed by atoms with van der Waals surface area (Å²) in [4.78, 5) is 51.0. The van der Waals surface area contributed by atoms with Crippen LogP contribution in [0.2, 0.25) is 0 Å². The number of ether oxygens (including phenoxy) is 2. The molecule has 0 radical (unpaired) electrons. The van der Waals surface area contributed by atoms with Crippen molar-refractivity contribution in [3.8, 4) is 0 Å². The summed E-state index contributed by atoms with van der Waals surface area (Å²) in [5.74, 6) is -0.0566. The number of carbonyl (C=O) groups is 3. The molecule has 11 heteroatoms. The predicted molar refractivity (Wildman–Crippen MR) is 166 cm³/mol. The van der Waals surface area contributed by atoms with Crippen LogP contribution >= 0.6 is 0 Å². The van der Waals surface area contributed by atoms with Gasteiger partial charge in [0.25, 0.3) is 0 Å². The minimum absolute atomic E-state index is 0.0334. The number of ketones is 1. The van der Waals surface area contributed by atoms with Gasteiger partial charge >= 0.3 is 12.2 Å². The number of hydrogen-bond acceptors (Lipinski definition) is 9. The lowest BCUT2D eigenvalue weighted by atomic mass is 10.0. The third-order valence-electron chi connectivity index (χ3n) is 6.50. The number of anilines is 4. The number of amides is 2. The van der Waals surface area contributed by atoms with Crippen LogP contribution in [0.15, 0.2) is 60.9 Å². The third kappa shape index (κ3) is 8.21. The largest absolute Gasteiger partial charge is 0.444 e. The maximum atomic E-state index is 13.7. The highest BCUT2D eigenvalue weighted by Gasteiger charge is 2.30. The van der Waals surface area contributed by atoms with E-state index in [1.165, 1.54) is 11.2 Å². The van der Waals surface area contributed by atoms with E-state index in [0.717, 1.165) is 12.8 Å². The van der Waals surface area contributed by atoms with Crippen LogP contribution in [-0.4, -0.2) is 63.2 Å². The van der Waals surface area contributed by atoms with E-state index >= 15 is 0 Å². The fourth-order valence-electron chi connectivity index (χ4n) is 4.66. The standard InChI is InChI=1S/C32H40N6O5/c1-31(2,3)42-29(40)37-18-10-11-22(19-37)36-28-25(27(33)34-20-35-28)26(39)21-14-16-24(17-15-21)38(23-12-8-7-9-13-23)30(41)43-32(4,5)6/h7-9,12-17,20,22H,10-11,18-19H2,1-6H3,(H3,33,34,35,36)/t22-/m1/s1. The number of nitrogen functional groups attached to an aromatic ring is 1. The Kier molecular flexibility index (Phi) is 9.22. The van der Waals surface area contributed by atoms with Gasteiger partial charge in [0.1, 0.15) is 34.7 Å². The van der Waals surface area contributed by atoms with Gasteiger partial charge in [-0.3, -0.25) is 4.79 Å². The third-order valence-corrected chi connectivity index (χ3v) is 6.50. The molecular weight excluding hydrogens is 548 g/mol. The fourth-order valence-corrected chi connectivity index (χ4v) is 4.66. The highest BCUT2D eigenvalue weighted by Crippen LogP contribution is 2.30. The van der Waals surface area contributed by atoms with Crippen molar-refractivity contribution in [1.82, 2.24) is 14.9 Å². The average molecular weight is 589 g/mol. The first-order chi connectivity index (χ1) is 20.2. The molecule has 3 aromatic rings. The Morgan fingerprint density at radius 2 is 1.53 bits per heavy atom. The summed E-state index contributed by atoms with van der Waals surface area (Å²) >= 11 is 0. The highest BCUT2D eigenvalue weighted by molar-refractivity contribution is 6.14. The van der Waals surface area contributed by atoms with Gasteiger partial charge in [0.2, 0.25) is 0 Å². The molecule has 2 amide bonds. The summed E-state index contributed by atoms with van der Waals surface area (Å²) in [7, 11) is 0. The van der Waals surface area contributed by atoms with Crippen LogP contribution in [0.5, 0.6) is 0 Å². The maximum absolute atomic E-state index is 13.7. The topological polar surface area (TPSA) is 140 Å². The van der Waals surface area contributed by atoms with Crippen LogP contribution in [0.4, 0.5) is 32.6 Å². The minimum atomic E-state index is -0.698. The normalized spacial score (nSPS) is 15.4. The highest BCUT2D eigenvalue weighted by atomic mass is 16.6. The Morgan fingerprint density at radius 3 is 2.16 bits per heavy atom. The van der Waals surface area contributed by atoms with Crippen LogP contribution in [0.25, 0.3) is 0 Å². The van der Waals surface area contributed by atoms with Crippen molar-refractivity contribution < 1.29 is 23.9 Å². The van der Waals surface area contributed by atoms with Gasteiger partial charge < -0.3 is 25.4 Å². The lowest BCUT2D eigenvalue weighted by Crippen LogP contribution is -2.47. The summed E-state index contributed by atoms with van der Waals surface area (Å²) in [6.45, 7) is 11.9. The molecule has 4 rings (SSSR count). The van der Waals surface area contributed by atoms with E-state index in [9.17, 15) is 14.4 Å². The molecule has 1 atom stereocenters. The molecule has 0 spiro atoms. The number of likely N-dealkylation sites (tertiary alicyclic amines) is 1. The Balaban J connectivity index is 1.56. The Labute approximate surface area is 252 Å². The Hall–Kier alpha value is -4.67. The first kappa shape index (κ1) is 31.3. The first-order valence-corrected chi connectivity index (χ1v) is 14.3. The molecule has 0 bridgehead atoms. The molecule has 2 heterocycles. The van der Waals surface area contributed by atoms with E-state index < -0.39 is 17.3 Å². The number of rotatable bonds is 6. The number of benzene rings is 2. The summed E-state index contributed by atoms with van der Waals surface area (Å²) in [5.41, 5.74) is 6.52. The van der Waals surface area contributed by atoms with Gasteiger partial charge in [-0.1, -0.05) is 18.2 Å². The van der Waals surface area contributed by atoms with Gasteiger partial charge in [0.05, 0.1) is 11.4 Å². The zero-order valence-corrected chi connectivity index (χ0v) is 25.6. The molecule has 0 unspecified atom stereocenters. The number of nitrogens with zero attached hydrogens (tertiary/aromatic N) is 4. The molecule has 43 heavy (non-hydrogen) atoms. The molecule has 1 aliphatic heterocycles. The smallest absolute Gasteiger partial charge is 0.419 e. The van der Waals surface area contributed by atoms with Gasteiger partial charge in [-0.2, -0.15) is 0 Å². The number of carbonyl (C=O) groups excluding carboxylic acids is 3. The lowest BCUT2D eigenvalue weighted by Gasteiger charge is -2.34. The van der Waals surface area contributed by atoms with Crippen LogP contribution in [0, 0.1) is 0 Å². The second kappa shape index (κ2) is 12.7. The summed E-state index contributed by atoms with van der Waals surface area (Å²) in [6, 6.07) is 15.6. The molecule has 1 saturated heterocycles. The molecular formula is C32H40N6O5. The number of aromatic nitrogens is 2. The second-order valence-corrected chi connectivity index (χ2v) is 12.4. The molecule has 11 nitrogen and oxygen atoms in total. The van der Waals surface area contributed by atoms with E-state index in [2.05, 4.69) is 15.3 Å². The van der Waals surface area contributed by atoms with Gasteiger partial charge in [-0.15, -0.1) is 0 Å². The summed E-state index contributed by atoms with van der Waals surface area (Å²) < 4.78 is 11.2. The van der Waals surface area contributed by atoms with Gasteiger partial charge in [-0.05, 0) is 90.8 Å². The molecule has 228 valence electrons. The number of nitrogens with two attached hydrogens (primary N) is 1. The van der Waals surface area contributed by atoms with Crippen molar-refractivity contribution in [2.24, 2.45) is 0 Å². The van der Waals surface area contributed by atoms with Crippen LogP contribution in [0.3, 0.4) is 0 Å². The minimum Gasteiger partial charge on any atom is -0.444 e. The number of piperidine rings is 1. The summed E-state index contributed by atoms with van der Waals surface area (Å²) in [6.07, 6.45) is 1.90. The van der Waals surface area contributed by atoms with E-state index in [-0.39, 0.29) is 35.1 Å². The number of nitrogens with one attached hydrogen (secondary N) is 1.